The maximum absolute atomic E-state index is 11.6. The largest absolute Gasteiger partial charge is 0.374 e. The number of nitrogens with one attached hydrogen (secondary N) is 1. The molecule has 0 bridgehead atoms. The maximum atomic E-state index is 11.6. The van der Waals surface area contributed by atoms with Crippen LogP contribution in [-0.2, 0) is 11.3 Å². The van der Waals surface area contributed by atoms with Crippen LogP contribution in [0.5, 0.6) is 0 Å². The Bertz CT molecular complexity index is 299. The first-order chi connectivity index (χ1) is 6.20. The number of H-pyrrole nitrogens is 1. The number of aromatic nitrogens is 4. The lowest BCUT2D eigenvalue weighted by molar-refractivity contribution is 0.0138. The van der Waals surface area contributed by atoms with E-state index in [-0.39, 0.29) is 11.4 Å². The Balaban J connectivity index is 2.21. The van der Waals surface area contributed by atoms with E-state index in [2.05, 4.69) is 20.3 Å². The van der Waals surface area contributed by atoms with Gasteiger partial charge < -0.3 is 4.74 Å². The molecule has 8 heteroatoms. The molecule has 1 N–H and O–H groups in total. The standard InChI is InChI=1S/C5H8F2N4OS/c6-4(7)3-12-2-1-11-5(13)8-9-10-11/h4H,1-3H2,(H,8,10,13). The number of ether oxygens (including phenoxy) is 1. The summed E-state index contributed by atoms with van der Waals surface area (Å²) in [5.74, 6) is 0. The quantitative estimate of drug-likeness (QED) is 0.571. The summed E-state index contributed by atoms with van der Waals surface area (Å²) in [6.07, 6.45) is -2.44. The highest BCUT2D eigenvalue weighted by Gasteiger charge is 2.01. The molecule has 0 saturated heterocycles. The fraction of sp³-hybridized carbons (Fsp3) is 0.800. The van der Waals surface area contributed by atoms with Crippen molar-refractivity contribution in [3.63, 3.8) is 0 Å². The molecule has 1 rings (SSSR count). The molecule has 0 aliphatic heterocycles. The average Bonchev–Trinajstić information content (AvgIpc) is 2.45. The summed E-state index contributed by atoms with van der Waals surface area (Å²) in [5, 5.41) is 9.39. The number of hydrogen-bond donors (Lipinski definition) is 1. The van der Waals surface area contributed by atoms with Crippen LogP contribution in [0.4, 0.5) is 8.78 Å². The summed E-state index contributed by atoms with van der Waals surface area (Å²) in [4.78, 5) is 0. The molecule has 0 amide bonds. The molecule has 1 aromatic rings. The molecule has 0 aliphatic carbocycles. The van der Waals surface area contributed by atoms with Crippen molar-refractivity contribution < 1.29 is 13.5 Å². The first-order valence-corrected chi connectivity index (χ1v) is 3.95. The van der Waals surface area contributed by atoms with Crippen LogP contribution >= 0.6 is 12.2 Å². The van der Waals surface area contributed by atoms with Gasteiger partial charge in [-0.1, -0.05) is 10.3 Å². The minimum Gasteiger partial charge on any atom is -0.374 e. The van der Waals surface area contributed by atoms with Gasteiger partial charge in [-0.2, -0.15) is 5.21 Å². The monoisotopic (exact) mass is 210 g/mol. The van der Waals surface area contributed by atoms with Crippen molar-refractivity contribution in [2.75, 3.05) is 13.2 Å². The number of aromatic amines is 1. The van der Waals surface area contributed by atoms with Gasteiger partial charge in [-0.3, -0.25) is 0 Å². The fourth-order valence-corrected chi connectivity index (χ4v) is 0.863. The van der Waals surface area contributed by atoms with Crippen LogP contribution in [0.15, 0.2) is 0 Å². The predicted molar refractivity (Wildman–Crippen MR) is 42.0 cm³/mol. The summed E-state index contributed by atoms with van der Waals surface area (Å²) < 4.78 is 29.5. The Morgan fingerprint density at radius 3 is 2.92 bits per heavy atom. The molecule has 0 fully saturated rings. The zero-order valence-electron chi connectivity index (χ0n) is 6.61. The molecule has 1 aromatic heterocycles. The molecule has 0 saturated carbocycles. The minimum absolute atomic E-state index is 0.155. The molecule has 0 aromatic carbocycles. The highest BCUT2D eigenvalue weighted by atomic mass is 32.1. The summed E-state index contributed by atoms with van der Waals surface area (Å²) in [6.45, 7) is -0.0596. The topological polar surface area (TPSA) is 55.7 Å². The van der Waals surface area contributed by atoms with Crippen LogP contribution in [0.3, 0.4) is 0 Å². The second kappa shape index (κ2) is 4.97. The van der Waals surface area contributed by atoms with E-state index in [4.69, 9.17) is 12.2 Å². The Kier molecular flexibility index (Phi) is 3.90. The van der Waals surface area contributed by atoms with E-state index in [1.165, 1.54) is 4.68 Å². The lowest BCUT2D eigenvalue weighted by Crippen LogP contribution is -2.11. The number of rotatable bonds is 5. The molecule has 0 unspecified atom stereocenters. The second-order valence-corrected chi connectivity index (χ2v) is 2.57. The first kappa shape index (κ1) is 10.2. The number of alkyl halides is 2. The highest BCUT2D eigenvalue weighted by molar-refractivity contribution is 7.71. The van der Waals surface area contributed by atoms with Gasteiger partial charge in [0, 0.05) is 0 Å². The molecular weight excluding hydrogens is 202 g/mol. The third-order valence-corrected chi connectivity index (χ3v) is 1.54. The second-order valence-electron chi connectivity index (χ2n) is 2.20. The fourth-order valence-electron chi connectivity index (χ4n) is 0.690. The van der Waals surface area contributed by atoms with Gasteiger partial charge in [0.1, 0.15) is 6.61 Å². The van der Waals surface area contributed by atoms with Gasteiger partial charge in [0.25, 0.3) is 6.43 Å². The van der Waals surface area contributed by atoms with Crippen LogP contribution < -0.4 is 0 Å². The first-order valence-electron chi connectivity index (χ1n) is 3.54. The lowest BCUT2D eigenvalue weighted by atomic mass is 10.7. The van der Waals surface area contributed by atoms with Gasteiger partial charge >= 0.3 is 0 Å². The number of hydrogen-bond acceptors (Lipinski definition) is 4. The lowest BCUT2D eigenvalue weighted by Gasteiger charge is -2.02. The van der Waals surface area contributed by atoms with Crippen LogP contribution in [0.1, 0.15) is 0 Å². The number of tetrazole rings is 1. The molecule has 5 nitrogen and oxygen atoms in total. The summed E-state index contributed by atoms with van der Waals surface area (Å²) >= 11 is 4.74. The molecule has 0 radical (unpaired) electrons. The average molecular weight is 210 g/mol. The van der Waals surface area contributed by atoms with Gasteiger partial charge in [0.2, 0.25) is 4.77 Å². The molecule has 0 spiro atoms. The SMILES string of the molecule is FC(F)COCCn1[nH]nnc1=S. The van der Waals surface area contributed by atoms with Gasteiger partial charge in [0.15, 0.2) is 0 Å². The zero-order valence-corrected chi connectivity index (χ0v) is 7.43. The number of nitrogens with zero attached hydrogens (tertiary/aromatic N) is 3. The third-order valence-electron chi connectivity index (χ3n) is 1.23. The number of halogens is 2. The molecule has 74 valence electrons. The van der Waals surface area contributed by atoms with Crippen molar-refractivity contribution in [1.82, 2.24) is 20.2 Å². The maximum Gasteiger partial charge on any atom is 0.261 e. The minimum atomic E-state index is -2.44. The molecule has 0 atom stereocenters. The van der Waals surface area contributed by atoms with Crippen LogP contribution in [0, 0.1) is 4.77 Å². The van der Waals surface area contributed by atoms with Crippen molar-refractivity contribution in [2.45, 2.75) is 13.0 Å². The van der Waals surface area contributed by atoms with Crippen molar-refractivity contribution in [2.24, 2.45) is 0 Å². The van der Waals surface area contributed by atoms with Crippen LogP contribution in [0.25, 0.3) is 0 Å². The zero-order chi connectivity index (χ0) is 9.68. The summed E-state index contributed by atoms with van der Waals surface area (Å²) in [7, 11) is 0. The van der Waals surface area contributed by atoms with E-state index >= 15 is 0 Å². The van der Waals surface area contributed by atoms with E-state index in [9.17, 15) is 8.78 Å². The van der Waals surface area contributed by atoms with Crippen LogP contribution in [-0.4, -0.2) is 39.8 Å². The molecule has 0 aliphatic rings. The van der Waals surface area contributed by atoms with Gasteiger partial charge in [0.05, 0.1) is 13.2 Å². The Labute approximate surface area is 77.7 Å². The van der Waals surface area contributed by atoms with Crippen molar-refractivity contribution >= 4 is 12.2 Å². The van der Waals surface area contributed by atoms with Crippen molar-refractivity contribution in [3.8, 4) is 0 Å². The van der Waals surface area contributed by atoms with E-state index in [1.807, 2.05) is 0 Å². The van der Waals surface area contributed by atoms with Crippen LogP contribution in [0.2, 0.25) is 0 Å². The van der Waals surface area contributed by atoms with Gasteiger partial charge in [-0.05, 0) is 12.2 Å². The van der Waals surface area contributed by atoms with Gasteiger partial charge in [-0.15, -0.1) is 0 Å². The summed E-state index contributed by atoms with van der Waals surface area (Å²) in [6, 6.07) is 0. The molecule has 1 heterocycles. The van der Waals surface area contributed by atoms with Crippen molar-refractivity contribution in [3.05, 3.63) is 4.77 Å². The third kappa shape index (κ3) is 3.55. The van der Waals surface area contributed by atoms with E-state index in [1.54, 1.807) is 0 Å². The predicted octanol–water partition coefficient (Wildman–Crippen LogP) is 0.617. The Hall–Kier alpha value is -0.890. The Morgan fingerprint density at radius 1 is 1.62 bits per heavy atom. The highest BCUT2D eigenvalue weighted by Crippen LogP contribution is 1.92. The normalized spacial score (nSPS) is 11.0. The molecular formula is C5H8F2N4OS. The van der Waals surface area contributed by atoms with Crippen molar-refractivity contribution in [1.29, 1.82) is 0 Å². The smallest absolute Gasteiger partial charge is 0.261 e. The van der Waals surface area contributed by atoms with Gasteiger partial charge in [-0.25, -0.2) is 13.5 Å². The van der Waals surface area contributed by atoms with E-state index in [0.717, 1.165) is 0 Å². The Morgan fingerprint density at radius 2 is 2.38 bits per heavy atom. The molecule has 13 heavy (non-hydrogen) atoms. The van der Waals surface area contributed by atoms with E-state index < -0.39 is 13.0 Å². The summed E-state index contributed by atoms with van der Waals surface area (Å²) in [5.41, 5.74) is 0. The van der Waals surface area contributed by atoms with E-state index in [0.29, 0.717) is 6.54 Å².